The fourth-order valence-electron chi connectivity index (χ4n) is 1.38. The molecule has 0 radical (unpaired) electrons. The first-order valence-corrected chi connectivity index (χ1v) is 7.01. The van der Waals surface area contributed by atoms with E-state index in [1.165, 1.54) is 6.07 Å². The van der Waals surface area contributed by atoms with Crippen LogP contribution in [0.2, 0.25) is 0 Å². The molecule has 0 amide bonds. The number of halogens is 1. The predicted molar refractivity (Wildman–Crippen MR) is 67.1 cm³/mol. The van der Waals surface area contributed by atoms with Crippen LogP contribution in [0.3, 0.4) is 0 Å². The zero-order chi connectivity index (χ0) is 12.9. The first-order valence-electron chi connectivity index (χ1n) is 5.36. The summed E-state index contributed by atoms with van der Waals surface area (Å²) in [4.78, 5) is 0. The van der Waals surface area contributed by atoms with Gasteiger partial charge in [0.05, 0.1) is 11.4 Å². The first kappa shape index (κ1) is 13.9. The maximum atomic E-state index is 13.6. The van der Waals surface area contributed by atoms with Crippen LogP contribution < -0.4 is 10.0 Å². The van der Waals surface area contributed by atoms with Gasteiger partial charge in [0.1, 0.15) is 5.82 Å². The molecule has 0 atom stereocenters. The minimum atomic E-state index is -3.48. The van der Waals surface area contributed by atoms with E-state index in [-0.39, 0.29) is 11.4 Å². The van der Waals surface area contributed by atoms with E-state index in [0.29, 0.717) is 18.5 Å². The summed E-state index contributed by atoms with van der Waals surface area (Å²) < 4.78 is 39.1. The Kier molecular flexibility index (Phi) is 4.89. The van der Waals surface area contributed by atoms with E-state index in [0.717, 1.165) is 0 Å². The highest BCUT2D eigenvalue weighted by atomic mass is 32.2. The Hall–Kier alpha value is -1.14. The lowest BCUT2D eigenvalue weighted by Crippen LogP contribution is -2.20. The molecule has 0 heterocycles. The van der Waals surface area contributed by atoms with Crippen molar-refractivity contribution in [2.24, 2.45) is 0 Å². The minimum Gasteiger partial charge on any atom is -0.320 e. The molecule has 0 spiro atoms. The predicted octanol–water partition coefficient (Wildman–Crippen LogP) is 1.49. The second kappa shape index (κ2) is 5.97. The van der Waals surface area contributed by atoms with Crippen LogP contribution in [-0.2, 0) is 10.0 Å². The van der Waals surface area contributed by atoms with Gasteiger partial charge in [0.25, 0.3) is 0 Å². The summed E-state index contributed by atoms with van der Waals surface area (Å²) in [5, 5.41) is 2.86. The normalized spacial score (nSPS) is 11.5. The van der Waals surface area contributed by atoms with Gasteiger partial charge in [-0.15, -0.1) is 0 Å². The van der Waals surface area contributed by atoms with Crippen molar-refractivity contribution in [2.75, 3.05) is 24.1 Å². The van der Waals surface area contributed by atoms with Crippen molar-refractivity contribution < 1.29 is 12.8 Å². The van der Waals surface area contributed by atoms with Crippen molar-refractivity contribution in [3.63, 3.8) is 0 Å². The number of sulfonamides is 1. The van der Waals surface area contributed by atoms with E-state index in [9.17, 15) is 12.8 Å². The maximum absolute atomic E-state index is 13.6. The highest BCUT2D eigenvalue weighted by molar-refractivity contribution is 7.92. The van der Waals surface area contributed by atoms with E-state index in [1.54, 1.807) is 26.1 Å². The summed E-state index contributed by atoms with van der Waals surface area (Å²) in [6.07, 6.45) is 0.485. The molecule has 1 aromatic rings. The Morgan fingerprint density at radius 1 is 1.35 bits per heavy atom. The topological polar surface area (TPSA) is 58.2 Å². The third-order valence-electron chi connectivity index (χ3n) is 2.30. The van der Waals surface area contributed by atoms with Crippen molar-refractivity contribution >= 4 is 15.7 Å². The average molecular weight is 260 g/mol. The molecular weight excluding hydrogens is 243 g/mol. The van der Waals surface area contributed by atoms with Crippen LogP contribution in [0.1, 0.15) is 12.0 Å². The molecule has 0 aromatic heterocycles. The number of rotatable bonds is 6. The second-order valence-electron chi connectivity index (χ2n) is 3.81. The molecule has 96 valence electrons. The third kappa shape index (κ3) is 4.32. The van der Waals surface area contributed by atoms with Crippen molar-refractivity contribution in [3.8, 4) is 0 Å². The molecule has 1 rings (SSSR count). The standard InChI is InChI=1S/C11H17FN2O2S/c1-9-5-3-6-10(11(9)12)14-17(15,16)8-4-7-13-2/h3,5-6,13-14H,4,7-8H2,1-2H3. The molecule has 2 N–H and O–H groups in total. The van der Waals surface area contributed by atoms with Crippen LogP contribution in [0, 0.1) is 12.7 Å². The quantitative estimate of drug-likeness (QED) is 0.762. The van der Waals surface area contributed by atoms with Crippen LogP contribution in [0.5, 0.6) is 0 Å². The number of hydrogen-bond donors (Lipinski definition) is 2. The molecule has 0 aliphatic rings. The zero-order valence-electron chi connectivity index (χ0n) is 9.96. The summed E-state index contributed by atoms with van der Waals surface area (Å²) in [7, 11) is -1.73. The largest absolute Gasteiger partial charge is 0.320 e. The second-order valence-corrected chi connectivity index (χ2v) is 5.66. The van der Waals surface area contributed by atoms with Gasteiger partial charge in [0.2, 0.25) is 10.0 Å². The fraction of sp³-hybridized carbons (Fsp3) is 0.455. The molecule has 0 aliphatic carbocycles. The first-order chi connectivity index (χ1) is 7.96. The highest BCUT2D eigenvalue weighted by Crippen LogP contribution is 2.18. The Morgan fingerprint density at radius 3 is 2.71 bits per heavy atom. The third-order valence-corrected chi connectivity index (χ3v) is 3.65. The van der Waals surface area contributed by atoms with Crippen LogP contribution in [-0.4, -0.2) is 27.8 Å². The summed E-state index contributed by atoms with van der Waals surface area (Å²) in [5.74, 6) is -0.550. The number of nitrogens with one attached hydrogen (secondary N) is 2. The molecular formula is C11H17FN2O2S. The maximum Gasteiger partial charge on any atom is 0.232 e. The molecule has 6 heteroatoms. The number of hydrogen-bond acceptors (Lipinski definition) is 3. The monoisotopic (exact) mass is 260 g/mol. The average Bonchev–Trinajstić information content (AvgIpc) is 2.25. The van der Waals surface area contributed by atoms with Crippen LogP contribution in [0.4, 0.5) is 10.1 Å². The van der Waals surface area contributed by atoms with E-state index in [2.05, 4.69) is 10.0 Å². The SMILES string of the molecule is CNCCCS(=O)(=O)Nc1cccc(C)c1F. The summed E-state index contributed by atoms with van der Waals surface area (Å²) in [5.41, 5.74) is 0.426. The van der Waals surface area contributed by atoms with E-state index in [4.69, 9.17) is 0 Å². The highest BCUT2D eigenvalue weighted by Gasteiger charge is 2.13. The van der Waals surface area contributed by atoms with Gasteiger partial charge in [-0.05, 0) is 38.6 Å². The summed E-state index contributed by atoms with van der Waals surface area (Å²) >= 11 is 0. The Morgan fingerprint density at radius 2 is 2.06 bits per heavy atom. The number of benzene rings is 1. The van der Waals surface area contributed by atoms with E-state index in [1.807, 2.05) is 0 Å². The van der Waals surface area contributed by atoms with Crippen molar-refractivity contribution in [1.29, 1.82) is 0 Å². The molecule has 17 heavy (non-hydrogen) atoms. The molecule has 0 aliphatic heterocycles. The van der Waals surface area contributed by atoms with Gasteiger partial charge >= 0.3 is 0 Å². The lowest BCUT2D eigenvalue weighted by atomic mass is 10.2. The molecule has 0 saturated heterocycles. The minimum absolute atomic E-state index is 0.00876. The van der Waals surface area contributed by atoms with Crippen LogP contribution in [0.25, 0.3) is 0 Å². The van der Waals surface area contributed by atoms with Crippen molar-refractivity contribution in [2.45, 2.75) is 13.3 Å². The molecule has 1 aromatic carbocycles. The van der Waals surface area contributed by atoms with Gasteiger partial charge in [0, 0.05) is 0 Å². The van der Waals surface area contributed by atoms with Gasteiger partial charge in [-0.25, -0.2) is 12.8 Å². The number of aryl methyl sites for hydroxylation is 1. The Balaban J connectivity index is 2.73. The lowest BCUT2D eigenvalue weighted by molar-refractivity contribution is 0.594. The van der Waals surface area contributed by atoms with E-state index < -0.39 is 15.8 Å². The van der Waals surface area contributed by atoms with Gasteiger partial charge in [-0.3, -0.25) is 4.72 Å². The van der Waals surface area contributed by atoms with Crippen LogP contribution >= 0.6 is 0 Å². The molecule has 0 unspecified atom stereocenters. The molecule has 0 fully saturated rings. The fourth-order valence-corrected chi connectivity index (χ4v) is 2.50. The smallest absolute Gasteiger partial charge is 0.232 e. The molecule has 0 saturated carbocycles. The summed E-state index contributed by atoms with van der Waals surface area (Å²) in [6, 6.07) is 4.62. The van der Waals surface area contributed by atoms with Crippen molar-refractivity contribution in [1.82, 2.24) is 5.32 Å². The van der Waals surface area contributed by atoms with Gasteiger partial charge in [-0.2, -0.15) is 0 Å². The molecule has 4 nitrogen and oxygen atoms in total. The zero-order valence-corrected chi connectivity index (χ0v) is 10.8. The number of anilines is 1. The van der Waals surface area contributed by atoms with Crippen molar-refractivity contribution in [3.05, 3.63) is 29.6 Å². The van der Waals surface area contributed by atoms with Gasteiger partial charge in [0.15, 0.2) is 0 Å². The lowest BCUT2D eigenvalue weighted by Gasteiger charge is -2.09. The Bertz CT molecular complexity index is 474. The van der Waals surface area contributed by atoms with Gasteiger partial charge in [-0.1, -0.05) is 12.1 Å². The van der Waals surface area contributed by atoms with Gasteiger partial charge < -0.3 is 5.32 Å². The molecule has 0 bridgehead atoms. The van der Waals surface area contributed by atoms with Crippen LogP contribution in [0.15, 0.2) is 18.2 Å². The Labute approximate surface area is 101 Å². The van der Waals surface area contributed by atoms with E-state index >= 15 is 0 Å². The summed E-state index contributed by atoms with van der Waals surface area (Å²) in [6.45, 7) is 2.20.